The first kappa shape index (κ1) is 15.3. The maximum atomic E-state index is 12.6. The average Bonchev–Trinajstić information content (AvgIpc) is 2.84. The number of carbonyl (C=O) groups is 2. The second-order valence-electron chi connectivity index (χ2n) is 6.23. The smallest absolute Gasteiger partial charge is 0.253 e. The zero-order valence-corrected chi connectivity index (χ0v) is 13.3. The number of benzene rings is 1. The molecule has 2 heterocycles. The predicted molar refractivity (Wildman–Crippen MR) is 82.9 cm³/mol. The van der Waals surface area contributed by atoms with Crippen molar-refractivity contribution in [3.63, 3.8) is 0 Å². The Morgan fingerprint density at radius 1 is 1.36 bits per heavy atom. The van der Waals surface area contributed by atoms with Gasteiger partial charge < -0.3 is 14.5 Å². The monoisotopic (exact) mass is 322 g/mol. The van der Waals surface area contributed by atoms with Crippen molar-refractivity contribution in [1.29, 1.82) is 0 Å². The molecule has 2 aliphatic heterocycles. The largest absolute Gasteiger partial charge is 0.371 e. The van der Waals surface area contributed by atoms with Crippen molar-refractivity contribution < 1.29 is 14.3 Å². The molecule has 0 bridgehead atoms. The lowest BCUT2D eigenvalue weighted by Gasteiger charge is -2.29. The Hall–Kier alpha value is -1.59. The van der Waals surface area contributed by atoms with Gasteiger partial charge in [0.05, 0.1) is 6.61 Å². The number of carbonyl (C=O) groups excluding carboxylic acids is 2. The van der Waals surface area contributed by atoms with Crippen LogP contribution in [0.1, 0.15) is 16.8 Å². The van der Waals surface area contributed by atoms with Crippen molar-refractivity contribution in [3.05, 3.63) is 34.9 Å². The first-order valence-corrected chi connectivity index (χ1v) is 7.73. The third-order valence-corrected chi connectivity index (χ3v) is 4.66. The Labute approximate surface area is 134 Å². The van der Waals surface area contributed by atoms with Crippen molar-refractivity contribution in [3.8, 4) is 0 Å². The van der Waals surface area contributed by atoms with Gasteiger partial charge >= 0.3 is 0 Å². The summed E-state index contributed by atoms with van der Waals surface area (Å²) in [5.74, 6) is -0.0194. The van der Waals surface area contributed by atoms with Crippen LogP contribution in [0.5, 0.6) is 0 Å². The number of halogens is 1. The SMILES string of the molecule is CN1CC2(CCN(C(=O)c3cccc(Cl)c3)C2)COCC1=O. The third kappa shape index (κ3) is 2.96. The van der Waals surface area contributed by atoms with Crippen LogP contribution in [0.25, 0.3) is 0 Å². The van der Waals surface area contributed by atoms with Crippen LogP contribution in [0.2, 0.25) is 5.02 Å². The number of hydrogen-bond donors (Lipinski definition) is 0. The summed E-state index contributed by atoms with van der Waals surface area (Å²) >= 11 is 5.96. The average molecular weight is 323 g/mol. The molecule has 22 heavy (non-hydrogen) atoms. The van der Waals surface area contributed by atoms with Gasteiger partial charge in [0.2, 0.25) is 5.91 Å². The molecule has 1 unspecified atom stereocenters. The fraction of sp³-hybridized carbons (Fsp3) is 0.500. The van der Waals surface area contributed by atoms with E-state index in [0.717, 1.165) is 6.42 Å². The van der Waals surface area contributed by atoms with E-state index in [-0.39, 0.29) is 23.8 Å². The molecule has 6 heteroatoms. The van der Waals surface area contributed by atoms with Gasteiger partial charge in [-0.15, -0.1) is 0 Å². The Morgan fingerprint density at radius 3 is 2.95 bits per heavy atom. The van der Waals surface area contributed by atoms with Gasteiger partial charge in [-0.2, -0.15) is 0 Å². The van der Waals surface area contributed by atoms with Gasteiger partial charge in [-0.1, -0.05) is 17.7 Å². The quantitative estimate of drug-likeness (QED) is 0.790. The fourth-order valence-corrected chi connectivity index (χ4v) is 3.45. The van der Waals surface area contributed by atoms with E-state index in [2.05, 4.69) is 0 Å². The van der Waals surface area contributed by atoms with E-state index < -0.39 is 0 Å². The van der Waals surface area contributed by atoms with E-state index in [0.29, 0.717) is 36.8 Å². The summed E-state index contributed by atoms with van der Waals surface area (Å²) in [4.78, 5) is 27.9. The highest BCUT2D eigenvalue weighted by molar-refractivity contribution is 6.30. The molecule has 1 aromatic rings. The van der Waals surface area contributed by atoms with E-state index in [1.165, 1.54) is 0 Å². The number of hydrogen-bond acceptors (Lipinski definition) is 3. The Morgan fingerprint density at radius 2 is 2.18 bits per heavy atom. The Bertz CT molecular complexity index is 607. The summed E-state index contributed by atoms with van der Waals surface area (Å²) in [6.07, 6.45) is 0.844. The van der Waals surface area contributed by atoms with E-state index in [4.69, 9.17) is 16.3 Å². The molecule has 0 radical (unpaired) electrons. The van der Waals surface area contributed by atoms with Crippen molar-refractivity contribution in [2.75, 3.05) is 39.9 Å². The molecule has 2 saturated heterocycles. The normalized spacial score (nSPS) is 25.6. The first-order valence-electron chi connectivity index (χ1n) is 7.36. The van der Waals surface area contributed by atoms with Crippen molar-refractivity contribution in [1.82, 2.24) is 9.80 Å². The molecule has 1 atom stereocenters. The molecular weight excluding hydrogens is 304 g/mol. The number of nitrogens with zero attached hydrogens (tertiary/aromatic N) is 2. The van der Waals surface area contributed by atoms with Crippen molar-refractivity contribution >= 4 is 23.4 Å². The van der Waals surface area contributed by atoms with Gasteiger partial charge in [-0.3, -0.25) is 9.59 Å². The van der Waals surface area contributed by atoms with Crippen LogP contribution >= 0.6 is 11.6 Å². The standard InChI is InChI=1S/C16H19ClN2O3/c1-18-9-16(11-22-8-14(18)20)5-6-19(10-16)15(21)12-3-2-4-13(17)7-12/h2-4,7H,5-6,8-11H2,1H3. The highest BCUT2D eigenvalue weighted by atomic mass is 35.5. The van der Waals surface area contributed by atoms with Crippen LogP contribution in [-0.2, 0) is 9.53 Å². The molecule has 0 saturated carbocycles. The maximum Gasteiger partial charge on any atom is 0.253 e. The highest BCUT2D eigenvalue weighted by Crippen LogP contribution is 2.34. The zero-order valence-electron chi connectivity index (χ0n) is 12.5. The predicted octanol–water partition coefficient (Wildman–Crippen LogP) is 1.66. The molecular formula is C16H19ClN2O3. The van der Waals surface area contributed by atoms with Gasteiger partial charge in [-0.25, -0.2) is 0 Å². The molecule has 1 spiro atoms. The second kappa shape index (κ2) is 5.89. The van der Waals surface area contributed by atoms with Crippen LogP contribution < -0.4 is 0 Å². The van der Waals surface area contributed by atoms with Gasteiger partial charge in [0, 0.05) is 42.7 Å². The van der Waals surface area contributed by atoms with Gasteiger partial charge in [0.25, 0.3) is 5.91 Å². The Balaban J connectivity index is 1.74. The molecule has 3 rings (SSSR count). The van der Waals surface area contributed by atoms with Crippen LogP contribution in [-0.4, -0.2) is 61.5 Å². The van der Waals surface area contributed by atoms with Crippen molar-refractivity contribution in [2.45, 2.75) is 6.42 Å². The fourth-order valence-electron chi connectivity index (χ4n) is 3.26. The van der Waals surface area contributed by atoms with Crippen LogP contribution in [0, 0.1) is 5.41 Å². The van der Waals surface area contributed by atoms with Gasteiger partial charge in [0.15, 0.2) is 0 Å². The van der Waals surface area contributed by atoms with Crippen LogP contribution in [0.15, 0.2) is 24.3 Å². The molecule has 1 aromatic carbocycles. The highest BCUT2D eigenvalue weighted by Gasteiger charge is 2.43. The molecule has 0 N–H and O–H groups in total. The van der Waals surface area contributed by atoms with Gasteiger partial charge in [0.1, 0.15) is 6.61 Å². The summed E-state index contributed by atoms with van der Waals surface area (Å²) in [5, 5.41) is 0.558. The van der Waals surface area contributed by atoms with E-state index >= 15 is 0 Å². The van der Waals surface area contributed by atoms with Gasteiger partial charge in [-0.05, 0) is 24.6 Å². The van der Waals surface area contributed by atoms with Crippen LogP contribution in [0.4, 0.5) is 0 Å². The Kier molecular flexibility index (Phi) is 4.10. The number of rotatable bonds is 1. The summed E-state index contributed by atoms with van der Waals surface area (Å²) < 4.78 is 5.52. The second-order valence-corrected chi connectivity index (χ2v) is 6.67. The van der Waals surface area contributed by atoms with Crippen LogP contribution in [0.3, 0.4) is 0 Å². The molecule has 2 fully saturated rings. The molecule has 0 aromatic heterocycles. The maximum absolute atomic E-state index is 12.6. The van der Waals surface area contributed by atoms with Crippen molar-refractivity contribution in [2.24, 2.45) is 5.41 Å². The number of likely N-dealkylation sites (tertiary alicyclic amines) is 1. The molecule has 5 nitrogen and oxygen atoms in total. The number of amides is 2. The first-order chi connectivity index (χ1) is 10.5. The third-order valence-electron chi connectivity index (χ3n) is 4.43. The summed E-state index contributed by atoms with van der Waals surface area (Å²) in [6.45, 7) is 2.56. The zero-order chi connectivity index (χ0) is 15.7. The minimum absolute atomic E-state index is 0.00325. The molecule has 2 aliphatic rings. The number of likely N-dealkylation sites (N-methyl/N-ethyl adjacent to an activating group) is 1. The summed E-state index contributed by atoms with van der Waals surface area (Å²) in [7, 11) is 1.79. The minimum Gasteiger partial charge on any atom is -0.371 e. The topological polar surface area (TPSA) is 49.9 Å². The lowest BCUT2D eigenvalue weighted by molar-refractivity contribution is -0.132. The molecule has 0 aliphatic carbocycles. The number of ether oxygens (including phenoxy) is 1. The summed E-state index contributed by atoms with van der Waals surface area (Å²) in [5.41, 5.74) is 0.443. The minimum atomic E-state index is -0.158. The molecule has 118 valence electrons. The lowest BCUT2D eigenvalue weighted by atomic mass is 9.88. The van der Waals surface area contributed by atoms with E-state index in [9.17, 15) is 9.59 Å². The molecule has 2 amide bonds. The lowest BCUT2D eigenvalue weighted by Crippen LogP contribution is -2.41. The summed E-state index contributed by atoms with van der Waals surface area (Å²) in [6, 6.07) is 7.00. The van der Waals surface area contributed by atoms with E-state index in [1.807, 2.05) is 4.90 Å². The van der Waals surface area contributed by atoms with E-state index in [1.54, 1.807) is 36.2 Å².